The topological polar surface area (TPSA) is 113 Å². The zero-order valence-corrected chi connectivity index (χ0v) is 10.1. The minimum absolute atomic E-state index is 0.0527. The molecule has 0 heterocycles. The maximum Gasteiger partial charge on any atom is 0.312 e. The van der Waals surface area contributed by atoms with E-state index in [1.54, 1.807) is 0 Å². The van der Waals surface area contributed by atoms with Crippen molar-refractivity contribution in [2.75, 3.05) is 12.4 Å². The Kier molecular flexibility index (Phi) is 4.27. The minimum atomic E-state index is -3.66. The molecule has 0 aliphatic heterocycles. The van der Waals surface area contributed by atoms with Crippen LogP contribution in [0, 0.1) is 10.1 Å². The number of hydrogen-bond donors (Lipinski definition) is 1. The van der Waals surface area contributed by atoms with Gasteiger partial charge in [-0.3, -0.25) is 10.1 Å². The zero-order valence-electron chi connectivity index (χ0n) is 8.50. The first-order chi connectivity index (χ1) is 7.79. The molecule has 0 fully saturated rings. The Bertz CT molecular complexity index is 531. The van der Waals surface area contributed by atoms with Gasteiger partial charge in [0.1, 0.15) is 6.61 Å². The fourth-order valence-electron chi connectivity index (χ4n) is 1.02. The molecule has 0 aromatic heterocycles. The van der Waals surface area contributed by atoms with Gasteiger partial charge in [0.25, 0.3) is 0 Å². The van der Waals surface area contributed by atoms with Crippen molar-refractivity contribution in [3.05, 3.63) is 33.3 Å². The van der Waals surface area contributed by atoms with Crippen LogP contribution in [0.3, 0.4) is 0 Å². The molecule has 0 spiro atoms. The number of primary sulfonamides is 1. The van der Waals surface area contributed by atoms with Crippen LogP contribution in [-0.2, 0) is 10.0 Å². The Morgan fingerprint density at radius 1 is 1.47 bits per heavy atom. The van der Waals surface area contributed by atoms with E-state index in [9.17, 15) is 18.5 Å². The molecule has 0 aliphatic carbocycles. The predicted molar refractivity (Wildman–Crippen MR) is 61.6 cm³/mol. The van der Waals surface area contributed by atoms with Crippen molar-refractivity contribution >= 4 is 27.3 Å². The number of hydrogen-bond acceptors (Lipinski definition) is 5. The highest BCUT2D eigenvalue weighted by atomic mass is 35.5. The number of nitro groups is 1. The maximum absolute atomic E-state index is 10.7. The highest BCUT2D eigenvalue weighted by molar-refractivity contribution is 7.89. The molecule has 0 bridgehead atoms. The van der Waals surface area contributed by atoms with E-state index in [1.165, 1.54) is 12.1 Å². The smallest absolute Gasteiger partial charge is 0.312 e. The van der Waals surface area contributed by atoms with Crippen molar-refractivity contribution in [2.45, 2.75) is 0 Å². The third kappa shape index (κ3) is 4.55. The predicted octanol–water partition coefficient (Wildman–Crippen LogP) is 0.915. The van der Waals surface area contributed by atoms with Crippen molar-refractivity contribution in [2.24, 2.45) is 5.14 Å². The summed E-state index contributed by atoms with van der Waals surface area (Å²) in [4.78, 5) is 9.99. The first kappa shape index (κ1) is 13.7. The van der Waals surface area contributed by atoms with Crippen LogP contribution in [0.15, 0.2) is 18.2 Å². The zero-order chi connectivity index (χ0) is 13.1. The van der Waals surface area contributed by atoms with Gasteiger partial charge >= 0.3 is 5.69 Å². The molecule has 0 aliphatic rings. The van der Waals surface area contributed by atoms with Gasteiger partial charge < -0.3 is 4.74 Å². The van der Waals surface area contributed by atoms with Crippen molar-refractivity contribution in [1.82, 2.24) is 0 Å². The summed E-state index contributed by atoms with van der Waals surface area (Å²) in [5.41, 5.74) is -0.327. The molecular formula is C8H9ClN2O5S. The number of nitro benzene ring substituents is 1. The Balaban J connectivity index is 2.81. The van der Waals surface area contributed by atoms with Gasteiger partial charge in [-0.1, -0.05) is 11.6 Å². The molecule has 1 aromatic rings. The van der Waals surface area contributed by atoms with Crippen molar-refractivity contribution in [1.29, 1.82) is 0 Å². The van der Waals surface area contributed by atoms with Crippen LogP contribution >= 0.6 is 11.6 Å². The molecular weight excluding hydrogens is 272 g/mol. The second kappa shape index (κ2) is 5.30. The van der Waals surface area contributed by atoms with Gasteiger partial charge in [-0.2, -0.15) is 0 Å². The molecule has 9 heteroatoms. The third-order valence-corrected chi connectivity index (χ3v) is 2.71. The summed E-state index contributed by atoms with van der Waals surface area (Å²) in [7, 11) is -3.66. The molecule has 2 N–H and O–H groups in total. The van der Waals surface area contributed by atoms with Crippen LogP contribution in [0.5, 0.6) is 5.75 Å². The minimum Gasteiger partial charge on any atom is -0.486 e. The summed E-state index contributed by atoms with van der Waals surface area (Å²) in [5.74, 6) is -0.477. The molecule has 1 aromatic carbocycles. The maximum atomic E-state index is 10.7. The van der Waals surface area contributed by atoms with Gasteiger partial charge in [0.15, 0.2) is 5.75 Å². The van der Waals surface area contributed by atoms with E-state index in [1.807, 2.05) is 0 Å². The van der Waals surface area contributed by atoms with Crippen molar-refractivity contribution in [3.63, 3.8) is 0 Å². The number of rotatable bonds is 5. The molecule has 0 unspecified atom stereocenters. The SMILES string of the molecule is NS(=O)(=O)CCOc1ccc(Cl)cc1[N+](=O)[O-]. The largest absolute Gasteiger partial charge is 0.486 e. The molecule has 0 saturated carbocycles. The molecule has 7 nitrogen and oxygen atoms in total. The number of sulfonamides is 1. The number of nitrogens with zero attached hydrogens (tertiary/aromatic N) is 1. The summed E-state index contributed by atoms with van der Waals surface area (Å²) in [5, 5.41) is 15.6. The van der Waals surface area contributed by atoms with E-state index >= 15 is 0 Å². The fraction of sp³-hybridized carbons (Fsp3) is 0.250. The lowest BCUT2D eigenvalue weighted by atomic mass is 10.3. The first-order valence-electron chi connectivity index (χ1n) is 4.37. The van der Waals surface area contributed by atoms with E-state index < -0.39 is 20.7 Å². The van der Waals surface area contributed by atoms with Gasteiger partial charge in [-0.15, -0.1) is 0 Å². The average molecular weight is 281 g/mol. The lowest BCUT2D eigenvalue weighted by Gasteiger charge is -2.05. The van der Waals surface area contributed by atoms with E-state index in [-0.39, 0.29) is 23.1 Å². The number of halogens is 1. The number of ether oxygens (including phenoxy) is 1. The normalized spacial score (nSPS) is 11.2. The van der Waals surface area contributed by atoms with Gasteiger partial charge in [-0.25, -0.2) is 13.6 Å². The molecule has 94 valence electrons. The molecule has 0 radical (unpaired) electrons. The Labute approximate surface area is 102 Å². The second-order valence-electron chi connectivity index (χ2n) is 3.08. The summed E-state index contributed by atoms with van der Waals surface area (Å²) in [6.45, 7) is -0.263. The van der Waals surface area contributed by atoms with Crippen LogP contribution in [-0.4, -0.2) is 25.7 Å². The average Bonchev–Trinajstić information content (AvgIpc) is 2.18. The molecule has 0 amide bonds. The summed E-state index contributed by atoms with van der Waals surface area (Å²) < 4.78 is 26.2. The summed E-state index contributed by atoms with van der Waals surface area (Å²) in [6, 6.07) is 3.82. The summed E-state index contributed by atoms with van der Waals surface area (Å²) in [6.07, 6.45) is 0. The quantitative estimate of drug-likeness (QED) is 0.636. The second-order valence-corrected chi connectivity index (χ2v) is 5.26. The van der Waals surface area contributed by atoms with Crippen LogP contribution in [0.1, 0.15) is 0 Å². The van der Waals surface area contributed by atoms with Gasteiger partial charge in [0.05, 0.1) is 10.7 Å². The Hall–Kier alpha value is -1.38. The van der Waals surface area contributed by atoms with Gasteiger partial charge in [0, 0.05) is 11.1 Å². The molecule has 1 rings (SSSR count). The van der Waals surface area contributed by atoms with E-state index in [0.29, 0.717) is 0 Å². The van der Waals surface area contributed by atoms with Crippen molar-refractivity contribution in [3.8, 4) is 5.75 Å². The lowest BCUT2D eigenvalue weighted by molar-refractivity contribution is -0.385. The standard InChI is InChI=1S/C8H9ClN2O5S/c9-6-1-2-8(7(5-6)11(12)13)16-3-4-17(10,14)15/h1-2,5H,3-4H2,(H2,10,14,15). The highest BCUT2D eigenvalue weighted by Gasteiger charge is 2.16. The third-order valence-electron chi connectivity index (χ3n) is 1.74. The molecule has 0 atom stereocenters. The number of nitrogens with two attached hydrogens (primary N) is 1. The fourth-order valence-corrected chi connectivity index (χ4v) is 1.51. The van der Waals surface area contributed by atoms with E-state index in [0.717, 1.165) is 6.07 Å². The van der Waals surface area contributed by atoms with E-state index in [2.05, 4.69) is 0 Å². The number of benzene rings is 1. The Morgan fingerprint density at radius 2 is 2.12 bits per heavy atom. The van der Waals surface area contributed by atoms with E-state index in [4.69, 9.17) is 21.5 Å². The van der Waals surface area contributed by atoms with Crippen molar-refractivity contribution < 1.29 is 18.1 Å². The van der Waals surface area contributed by atoms with Crippen LogP contribution in [0.25, 0.3) is 0 Å². The summed E-state index contributed by atoms with van der Waals surface area (Å²) >= 11 is 5.59. The molecule has 17 heavy (non-hydrogen) atoms. The van der Waals surface area contributed by atoms with Gasteiger partial charge in [-0.05, 0) is 12.1 Å². The van der Waals surface area contributed by atoms with Crippen LogP contribution in [0.2, 0.25) is 5.02 Å². The Morgan fingerprint density at radius 3 is 2.65 bits per heavy atom. The highest BCUT2D eigenvalue weighted by Crippen LogP contribution is 2.29. The molecule has 0 saturated heterocycles. The monoisotopic (exact) mass is 280 g/mol. The van der Waals surface area contributed by atoms with Gasteiger partial charge in [0.2, 0.25) is 10.0 Å². The van der Waals surface area contributed by atoms with Crippen LogP contribution < -0.4 is 9.88 Å². The first-order valence-corrected chi connectivity index (χ1v) is 6.46. The lowest BCUT2D eigenvalue weighted by Crippen LogP contribution is -2.21. The van der Waals surface area contributed by atoms with Crippen LogP contribution in [0.4, 0.5) is 5.69 Å².